The number of rotatable bonds is 3. The summed E-state index contributed by atoms with van der Waals surface area (Å²) >= 11 is 0. The molecule has 1 amide bonds. The van der Waals surface area contributed by atoms with Gasteiger partial charge < -0.3 is 10.6 Å². The number of halogens is 2. The molecule has 1 saturated heterocycles. The second-order valence-corrected chi connectivity index (χ2v) is 6.51. The van der Waals surface area contributed by atoms with Crippen LogP contribution in [0.15, 0.2) is 35.1 Å². The Hall–Kier alpha value is -2.25. The van der Waals surface area contributed by atoms with Crippen LogP contribution in [0.25, 0.3) is 5.69 Å². The largest absolute Gasteiger partial charge is 0.334 e. The van der Waals surface area contributed by atoms with Gasteiger partial charge in [0.15, 0.2) is 5.69 Å². The molecule has 2 atom stereocenters. The molecule has 0 saturated carbocycles. The third-order valence-corrected chi connectivity index (χ3v) is 4.65. The average molecular weight is 381 g/mol. The normalized spacial score (nSPS) is 19.3. The van der Waals surface area contributed by atoms with Crippen molar-refractivity contribution in [2.45, 2.75) is 26.3 Å². The Bertz CT molecular complexity index is 871. The molecule has 0 radical (unpaired) electrons. The molecule has 2 unspecified atom stereocenters. The third-order valence-electron chi connectivity index (χ3n) is 4.65. The van der Waals surface area contributed by atoms with Gasteiger partial charge in [0.2, 0.25) is 5.43 Å². The molecule has 8 heteroatoms. The fourth-order valence-electron chi connectivity index (χ4n) is 3.30. The van der Waals surface area contributed by atoms with Crippen LogP contribution in [0, 0.1) is 18.7 Å². The Morgan fingerprint density at radius 1 is 1.38 bits per heavy atom. The lowest BCUT2D eigenvalue weighted by Gasteiger charge is -2.21. The molecule has 2 heterocycles. The van der Waals surface area contributed by atoms with Crippen LogP contribution in [0.5, 0.6) is 0 Å². The lowest BCUT2D eigenvalue weighted by atomic mass is 10.1. The number of nitrogens with two attached hydrogens (primary N) is 1. The van der Waals surface area contributed by atoms with E-state index in [2.05, 4.69) is 5.10 Å². The molecule has 0 aliphatic carbocycles. The number of aryl methyl sites for hydroxylation is 1. The van der Waals surface area contributed by atoms with Gasteiger partial charge in [-0.1, -0.05) is 12.1 Å². The first kappa shape index (κ1) is 20.1. The zero-order valence-corrected chi connectivity index (χ0v) is 15.5. The van der Waals surface area contributed by atoms with Crippen LogP contribution in [-0.4, -0.2) is 39.7 Å². The van der Waals surface area contributed by atoms with E-state index in [4.69, 9.17) is 5.73 Å². The molecule has 140 valence electrons. The maximum Gasteiger partial charge on any atom is 0.278 e. The fourth-order valence-corrected chi connectivity index (χ4v) is 3.30. The van der Waals surface area contributed by atoms with Crippen molar-refractivity contribution in [3.63, 3.8) is 0 Å². The summed E-state index contributed by atoms with van der Waals surface area (Å²) in [5, 5.41) is 4.17. The minimum atomic E-state index is -0.474. The van der Waals surface area contributed by atoms with Crippen LogP contribution < -0.4 is 11.2 Å². The molecular weight excluding hydrogens is 359 g/mol. The summed E-state index contributed by atoms with van der Waals surface area (Å²) < 4.78 is 15.4. The fraction of sp³-hybridized carbons (Fsp3) is 0.389. The van der Waals surface area contributed by atoms with Gasteiger partial charge in [0, 0.05) is 24.3 Å². The predicted octanol–water partition coefficient (Wildman–Crippen LogP) is 1.91. The lowest BCUT2D eigenvalue weighted by Crippen LogP contribution is -2.38. The predicted molar refractivity (Wildman–Crippen MR) is 99.4 cm³/mol. The number of aromatic nitrogens is 2. The number of likely N-dealkylation sites (tertiary alicyclic amines) is 1. The number of hydrogen-bond donors (Lipinski definition) is 1. The molecule has 2 aromatic rings. The summed E-state index contributed by atoms with van der Waals surface area (Å²) in [6.07, 6.45) is 0.801. The van der Waals surface area contributed by atoms with Gasteiger partial charge in [-0.05, 0) is 44.9 Å². The molecule has 0 bridgehead atoms. The number of benzene rings is 1. The highest BCUT2D eigenvalue weighted by molar-refractivity contribution is 5.92. The van der Waals surface area contributed by atoms with Crippen LogP contribution in [0.2, 0.25) is 0 Å². The summed E-state index contributed by atoms with van der Waals surface area (Å²) in [7, 11) is 0. The summed E-state index contributed by atoms with van der Waals surface area (Å²) in [5.74, 6) is -0.686. The van der Waals surface area contributed by atoms with Crippen molar-refractivity contribution in [2.75, 3.05) is 13.1 Å². The van der Waals surface area contributed by atoms with Crippen LogP contribution in [-0.2, 0) is 0 Å². The van der Waals surface area contributed by atoms with Gasteiger partial charge in [-0.15, -0.1) is 12.4 Å². The Labute approximate surface area is 157 Å². The lowest BCUT2D eigenvalue weighted by molar-refractivity contribution is 0.0734. The molecular formula is C18H22ClFN4O2. The van der Waals surface area contributed by atoms with Gasteiger partial charge in [0.1, 0.15) is 11.5 Å². The Morgan fingerprint density at radius 2 is 2.08 bits per heavy atom. The van der Waals surface area contributed by atoms with E-state index in [0.717, 1.165) is 6.42 Å². The van der Waals surface area contributed by atoms with Crippen molar-refractivity contribution in [1.82, 2.24) is 14.7 Å². The quantitative estimate of drug-likeness (QED) is 0.881. The first-order valence-electron chi connectivity index (χ1n) is 8.29. The monoisotopic (exact) mass is 380 g/mol. The number of nitrogens with zero attached hydrogens (tertiary/aromatic N) is 3. The maximum atomic E-state index is 14.1. The van der Waals surface area contributed by atoms with E-state index in [1.54, 1.807) is 30.0 Å². The SMILES string of the molecule is Cc1cc(=O)c(C(=O)N2CC(CN)CC2C)nn1-c1ccccc1F.Cl. The van der Waals surface area contributed by atoms with Gasteiger partial charge in [-0.2, -0.15) is 5.10 Å². The molecule has 1 aliphatic heterocycles. The third kappa shape index (κ3) is 3.64. The smallest absolute Gasteiger partial charge is 0.278 e. The van der Waals surface area contributed by atoms with Gasteiger partial charge in [-0.25, -0.2) is 9.07 Å². The zero-order chi connectivity index (χ0) is 18.1. The highest BCUT2D eigenvalue weighted by Gasteiger charge is 2.34. The highest BCUT2D eigenvalue weighted by Crippen LogP contribution is 2.23. The van der Waals surface area contributed by atoms with Crippen molar-refractivity contribution in [2.24, 2.45) is 11.7 Å². The van der Waals surface area contributed by atoms with Crippen molar-refractivity contribution < 1.29 is 9.18 Å². The number of para-hydroxylation sites is 1. The van der Waals surface area contributed by atoms with E-state index in [-0.39, 0.29) is 35.7 Å². The summed E-state index contributed by atoms with van der Waals surface area (Å²) in [6, 6.07) is 7.41. The average Bonchev–Trinajstić information content (AvgIpc) is 2.96. The Balaban J connectivity index is 0.00000243. The van der Waals surface area contributed by atoms with E-state index in [0.29, 0.717) is 18.8 Å². The van der Waals surface area contributed by atoms with E-state index in [1.165, 1.54) is 16.8 Å². The molecule has 1 aromatic heterocycles. The number of hydrogen-bond acceptors (Lipinski definition) is 4. The number of carbonyl (C=O) groups excluding carboxylic acids is 1. The molecule has 0 spiro atoms. The summed E-state index contributed by atoms with van der Waals surface area (Å²) in [5.41, 5.74) is 5.70. The van der Waals surface area contributed by atoms with Crippen molar-refractivity contribution in [3.05, 3.63) is 57.8 Å². The molecule has 6 nitrogen and oxygen atoms in total. The van der Waals surface area contributed by atoms with Crippen LogP contribution in [0.4, 0.5) is 4.39 Å². The van der Waals surface area contributed by atoms with E-state index >= 15 is 0 Å². The van der Waals surface area contributed by atoms with Gasteiger partial charge in [0.05, 0.1) is 0 Å². The molecule has 26 heavy (non-hydrogen) atoms. The Morgan fingerprint density at radius 3 is 2.69 bits per heavy atom. The van der Waals surface area contributed by atoms with Crippen molar-refractivity contribution >= 4 is 18.3 Å². The molecule has 2 N–H and O–H groups in total. The minimum Gasteiger partial charge on any atom is -0.334 e. The Kier molecular flexibility index (Phi) is 6.15. The molecule has 3 rings (SSSR count). The zero-order valence-electron chi connectivity index (χ0n) is 14.7. The first-order chi connectivity index (χ1) is 11.9. The van der Waals surface area contributed by atoms with E-state index < -0.39 is 17.2 Å². The van der Waals surface area contributed by atoms with Crippen molar-refractivity contribution in [1.29, 1.82) is 0 Å². The second kappa shape index (κ2) is 7.97. The molecule has 1 aliphatic rings. The van der Waals surface area contributed by atoms with Gasteiger partial charge in [0.25, 0.3) is 5.91 Å². The van der Waals surface area contributed by atoms with Gasteiger partial charge in [-0.3, -0.25) is 9.59 Å². The number of amides is 1. The topological polar surface area (TPSA) is 81.2 Å². The van der Waals surface area contributed by atoms with Gasteiger partial charge >= 0.3 is 0 Å². The standard InChI is InChI=1S/C18H21FN4O2.ClH/c1-11-7-13(9-20)10-22(11)18(25)17-16(24)8-12(2)23(21-17)15-6-4-3-5-14(15)19;/h3-6,8,11,13H,7,9-10,20H2,1-2H3;1H. The first-order valence-corrected chi connectivity index (χ1v) is 8.29. The van der Waals surface area contributed by atoms with Crippen LogP contribution in [0.1, 0.15) is 29.5 Å². The highest BCUT2D eigenvalue weighted by atomic mass is 35.5. The maximum absolute atomic E-state index is 14.1. The van der Waals surface area contributed by atoms with E-state index in [1.807, 2.05) is 6.92 Å². The van der Waals surface area contributed by atoms with Crippen LogP contribution in [0.3, 0.4) is 0 Å². The second-order valence-electron chi connectivity index (χ2n) is 6.51. The molecule has 1 fully saturated rings. The minimum absolute atomic E-state index is 0. The summed E-state index contributed by atoms with van der Waals surface area (Å²) in [6.45, 7) is 4.58. The van der Waals surface area contributed by atoms with Crippen molar-refractivity contribution in [3.8, 4) is 5.69 Å². The van der Waals surface area contributed by atoms with E-state index in [9.17, 15) is 14.0 Å². The number of carbonyl (C=O) groups is 1. The molecule has 1 aromatic carbocycles. The summed E-state index contributed by atoms with van der Waals surface area (Å²) in [4.78, 5) is 26.8. The van der Waals surface area contributed by atoms with Crippen LogP contribution >= 0.6 is 12.4 Å².